The number of rotatable bonds is 6. The molecule has 1 heterocycles. The molecule has 7 heteroatoms. The molecule has 0 fully saturated rings. The van der Waals surface area contributed by atoms with Gasteiger partial charge in [0.25, 0.3) is 0 Å². The zero-order valence-electron chi connectivity index (χ0n) is 11.9. The standard InChI is InChI=1S/C14H17IN4O2/c1-9(2)6-11(14(20)21)8-19-13(16-17-18-19)10-4-3-5-12(15)7-10/h3-5,7,9,11H,6,8H2,1-2H3,(H,20,21). The van der Waals surface area contributed by atoms with Crippen molar-refractivity contribution in [3.8, 4) is 11.4 Å². The average Bonchev–Trinajstić information content (AvgIpc) is 2.85. The van der Waals surface area contributed by atoms with Crippen LogP contribution in [0.5, 0.6) is 0 Å². The fraction of sp³-hybridized carbons (Fsp3) is 0.429. The van der Waals surface area contributed by atoms with E-state index in [1.165, 1.54) is 0 Å². The molecular weight excluding hydrogens is 383 g/mol. The monoisotopic (exact) mass is 400 g/mol. The van der Waals surface area contributed by atoms with Gasteiger partial charge in [-0.15, -0.1) is 5.10 Å². The summed E-state index contributed by atoms with van der Waals surface area (Å²) in [4.78, 5) is 11.4. The summed E-state index contributed by atoms with van der Waals surface area (Å²) < 4.78 is 2.66. The summed E-state index contributed by atoms with van der Waals surface area (Å²) in [6, 6.07) is 7.81. The zero-order valence-corrected chi connectivity index (χ0v) is 14.1. The van der Waals surface area contributed by atoms with Crippen LogP contribution in [0, 0.1) is 15.4 Å². The second kappa shape index (κ2) is 6.97. The molecule has 0 spiro atoms. The van der Waals surface area contributed by atoms with Gasteiger partial charge in [0.2, 0.25) is 0 Å². The van der Waals surface area contributed by atoms with E-state index in [1.807, 2.05) is 38.1 Å². The topological polar surface area (TPSA) is 80.9 Å². The molecule has 1 atom stereocenters. The maximum absolute atomic E-state index is 11.4. The fourth-order valence-electron chi connectivity index (χ4n) is 2.19. The molecule has 0 bridgehead atoms. The van der Waals surface area contributed by atoms with Crippen LogP contribution in [0.15, 0.2) is 24.3 Å². The Labute approximate surface area is 136 Å². The lowest BCUT2D eigenvalue weighted by Gasteiger charge is -2.15. The molecular formula is C14H17IN4O2. The van der Waals surface area contributed by atoms with Gasteiger partial charge < -0.3 is 5.11 Å². The summed E-state index contributed by atoms with van der Waals surface area (Å²) in [7, 11) is 0. The van der Waals surface area contributed by atoms with Crippen molar-refractivity contribution in [2.75, 3.05) is 0 Å². The highest BCUT2D eigenvalue weighted by Crippen LogP contribution is 2.21. The molecule has 1 unspecified atom stereocenters. The highest BCUT2D eigenvalue weighted by atomic mass is 127. The van der Waals surface area contributed by atoms with Crippen molar-refractivity contribution in [2.45, 2.75) is 26.8 Å². The lowest BCUT2D eigenvalue weighted by molar-refractivity contribution is -0.142. The Bertz CT molecular complexity index is 627. The van der Waals surface area contributed by atoms with Crippen molar-refractivity contribution in [3.05, 3.63) is 27.8 Å². The first kappa shape index (κ1) is 15.9. The maximum atomic E-state index is 11.4. The van der Waals surface area contributed by atoms with Crippen LogP contribution in [0.25, 0.3) is 11.4 Å². The smallest absolute Gasteiger partial charge is 0.308 e. The molecule has 2 aromatic rings. The minimum Gasteiger partial charge on any atom is -0.481 e. The predicted molar refractivity (Wildman–Crippen MR) is 86.6 cm³/mol. The first-order valence-electron chi connectivity index (χ1n) is 6.72. The Kier molecular flexibility index (Phi) is 5.27. The second-order valence-corrected chi connectivity index (χ2v) is 6.61. The van der Waals surface area contributed by atoms with E-state index in [9.17, 15) is 9.90 Å². The quantitative estimate of drug-likeness (QED) is 0.755. The number of hydrogen-bond acceptors (Lipinski definition) is 4. The Balaban J connectivity index is 2.25. The van der Waals surface area contributed by atoms with Crippen molar-refractivity contribution in [1.29, 1.82) is 0 Å². The molecule has 0 aliphatic heterocycles. The number of nitrogens with zero attached hydrogens (tertiary/aromatic N) is 4. The number of carboxylic acid groups (broad SMARTS) is 1. The summed E-state index contributed by atoms with van der Waals surface area (Å²) in [6.45, 7) is 4.30. The van der Waals surface area contributed by atoms with Crippen molar-refractivity contribution >= 4 is 28.6 Å². The number of hydrogen-bond donors (Lipinski definition) is 1. The molecule has 1 aromatic heterocycles. The fourth-order valence-corrected chi connectivity index (χ4v) is 2.74. The van der Waals surface area contributed by atoms with Crippen molar-refractivity contribution in [1.82, 2.24) is 20.2 Å². The molecule has 0 aliphatic carbocycles. The first-order chi connectivity index (χ1) is 9.97. The summed E-state index contributed by atoms with van der Waals surface area (Å²) in [6.07, 6.45) is 0.598. The number of carboxylic acids is 1. The van der Waals surface area contributed by atoms with E-state index < -0.39 is 11.9 Å². The summed E-state index contributed by atoms with van der Waals surface area (Å²) in [5.74, 6) is -0.393. The van der Waals surface area contributed by atoms with Crippen molar-refractivity contribution in [2.24, 2.45) is 11.8 Å². The molecule has 0 amide bonds. The second-order valence-electron chi connectivity index (χ2n) is 5.36. The van der Waals surface area contributed by atoms with Crippen LogP contribution >= 0.6 is 22.6 Å². The molecule has 21 heavy (non-hydrogen) atoms. The third kappa shape index (κ3) is 4.23. The minimum atomic E-state index is -0.812. The van der Waals surface area contributed by atoms with E-state index >= 15 is 0 Å². The number of tetrazole rings is 1. The third-order valence-corrected chi connectivity index (χ3v) is 3.78. The van der Waals surface area contributed by atoms with Crippen molar-refractivity contribution < 1.29 is 9.90 Å². The van der Waals surface area contributed by atoms with Gasteiger partial charge in [0, 0.05) is 9.13 Å². The van der Waals surface area contributed by atoms with Gasteiger partial charge in [-0.1, -0.05) is 26.0 Å². The Morgan fingerprint density at radius 1 is 1.43 bits per heavy atom. The van der Waals surface area contributed by atoms with Crippen LogP contribution in [0.3, 0.4) is 0 Å². The third-order valence-electron chi connectivity index (χ3n) is 3.11. The predicted octanol–water partition coefficient (Wildman–Crippen LogP) is 2.69. The highest BCUT2D eigenvalue weighted by molar-refractivity contribution is 14.1. The van der Waals surface area contributed by atoms with E-state index in [0.717, 1.165) is 9.13 Å². The van der Waals surface area contributed by atoms with Gasteiger partial charge in [0.05, 0.1) is 12.5 Å². The van der Waals surface area contributed by atoms with E-state index in [2.05, 4.69) is 38.1 Å². The van der Waals surface area contributed by atoms with E-state index in [1.54, 1.807) is 4.68 Å². The van der Waals surface area contributed by atoms with Gasteiger partial charge in [0.1, 0.15) is 0 Å². The first-order valence-corrected chi connectivity index (χ1v) is 7.80. The van der Waals surface area contributed by atoms with Gasteiger partial charge in [-0.25, -0.2) is 4.68 Å². The average molecular weight is 400 g/mol. The summed E-state index contributed by atoms with van der Waals surface area (Å²) >= 11 is 2.22. The van der Waals surface area contributed by atoms with Crippen LogP contribution in [0.2, 0.25) is 0 Å². The lowest BCUT2D eigenvalue weighted by atomic mass is 9.97. The molecule has 0 saturated heterocycles. The minimum absolute atomic E-state index is 0.279. The van der Waals surface area contributed by atoms with Crippen LogP contribution in [-0.4, -0.2) is 31.3 Å². The number of halogens is 1. The van der Waals surface area contributed by atoms with Gasteiger partial charge in [-0.05, 0) is 57.5 Å². The van der Waals surface area contributed by atoms with E-state index in [4.69, 9.17) is 0 Å². The Morgan fingerprint density at radius 2 is 2.19 bits per heavy atom. The summed E-state index contributed by atoms with van der Waals surface area (Å²) in [5, 5.41) is 21.0. The van der Waals surface area contributed by atoms with Crippen LogP contribution in [-0.2, 0) is 11.3 Å². The molecule has 1 aromatic carbocycles. The van der Waals surface area contributed by atoms with Gasteiger partial charge in [-0.3, -0.25) is 4.79 Å². The summed E-state index contributed by atoms with van der Waals surface area (Å²) in [5.41, 5.74) is 0.889. The molecule has 6 nitrogen and oxygen atoms in total. The van der Waals surface area contributed by atoms with Crippen LogP contribution in [0.4, 0.5) is 0 Å². The van der Waals surface area contributed by atoms with Gasteiger partial charge >= 0.3 is 5.97 Å². The highest BCUT2D eigenvalue weighted by Gasteiger charge is 2.22. The molecule has 112 valence electrons. The van der Waals surface area contributed by atoms with Crippen molar-refractivity contribution in [3.63, 3.8) is 0 Å². The molecule has 0 saturated carbocycles. The molecule has 0 radical (unpaired) electrons. The lowest BCUT2D eigenvalue weighted by Crippen LogP contribution is -2.23. The number of carbonyl (C=O) groups is 1. The largest absolute Gasteiger partial charge is 0.481 e. The van der Waals surface area contributed by atoms with E-state index in [-0.39, 0.29) is 6.54 Å². The number of benzene rings is 1. The van der Waals surface area contributed by atoms with Gasteiger partial charge in [-0.2, -0.15) is 0 Å². The van der Waals surface area contributed by atoms with Gasteiger partial charge in [0.15, 0.2) is 5.82 Å². The maximum Gasteiger partial charge on any atom is 0.308 e. The normalized spacial score (nSPS) is 12.6. The molecule has 1 N–H and O–H groups in total. The Morgan fingerprint density at radius 3 is 2.81 bits per heavy atom. The molecule has 2 rings (SSSR count). The molecule has 0 aliphatic rings. The SMILES string of the molecule is CC(C)CC(Cn1nnnc1-c1cccc(I)c1)C(=O)O. The van der Waals surface area contributed by atoms with Crippen LogP contribution in [0.1, 0.15) is 20.3 Å². The number of aromatic nitrogens is 4. The van der Waals surface area contributed by atoms with E-state index in [0.29, 0.717) is 18.2 Å². The number of aliphatic carboxylic acids is 1. The van der Waals surface area contributed by atoms with Crippen LogP contribution < -0.4 is 0 Å². The Hall–Kier alpha value is -1.51. The zero-order chi connectivity index (χ0) is 15.4.